The lowest BCUT2D eigenvalue weighted by molar-refractivity contribution is 0.0718. The maximum atomic E-state index is 12.4. The van der Waals surface area contributed by atoms with Crippen LogP contribution in [0.25, 0.3) is 0 Å². The largest absolute Gasteiger partial charge is 0.456 e. The minimum Gasteiger partial charge on any atom is -0.456 e. The Kier molecular flexibility index (Phi) is 4.58. The van der Waals surface area contributed by atoms with Gasteiger partial charge in [0.1, 0.15) is 5.76 Å². The van der Waals surface area contributed by atoms with E-state index in [9.17, 15) is 4.79 Å². The molecule has 2 N–H and O–H groups in total. The van der Waals surface area contributed by atoms with Gasteiger partial charge in [0.15, 0.2) is 5.76 Å². The highest BCUT2D eigenvalue weighted by Gasteiger charge is 2.18. The quantitative estimate of drug-likeness (QED) is 0.910. The average molecular weight is 272 g/mol. The van der Waals surface area contributed by atoms with E-state index in [0.29, 0.717) is 25.4 Å². The molecule has 1 aromatic heterocycles. The number of carbonyl (C=O) groups excluding carboxylic acids is 1. The molecule has 0 fully saturated rings. The summed E-state index contributed by atoms with van der Waals surface area (Å²) in [7, 11) is 0. The summed E-state index contributed by atoms with van der Waals surface area (Å²) >= 11 is 0. The second-order valence-electron chi connectivity index (χ2n) is 4.70. The Bertz CT molecular complexity index is 590. The standard InChI is InChI=1S/C16H20N2O2/c1-3-18(16(19)15-9-8-12(2)20-15)11-14-7-5-4-6-13(14)10-17/h4-9H,3,10-11,17H2,1-2H3. The van der Waals surface area contributed by atoms with Crippen LogP contribution in [0.5, 0.6) is 0 Å². The summed E-state index contributed by atoms with van der Waals surface area (Å²) in [5.41, 5.74) is 7.88. The van der Waals surface area contributed by atoms with Crippen molar-refractivity contribution in [1.29, 1.82) is 0 Å². The lowest BCUT2D eigenvalue weighted by Crippen LogP contribution is -2.30. The van der Waals surface area contributed by atoms with E-state index in [1.807, 2.05) is 38.1 Å². The topological polar surface area (TPSA) is 59.5 Å². The number of aryl methyl sites for hydroxylation is 1. The van der Waals surface area contributed by atoms with Crippen LogP contribution in [0, 0.1) is 6.92 Å². The molecule has 0 aliphatic carbocycles. The van der Waals surface area contributed by atoms with E-state index in [4.69, 9.17) is 10.2 Å². The summed E-state index contributed by atoms with van der Waals surface area (Å²) in [6, 6.07) is 11.4. The van der Waals surface area contributed by atoms with E-state index in [0.717, 1.165) is 16.9 Å². The molecule has 0 unspecified atom stereocenters. The van der Waals surface area contributed by atoms with Crippen molar-refractivity contribution in [3.63, 3.8) is 0 Å². The van der Waals surface area contributed by atoms with Crippen molar-refractivity contribution < 1.29 is 9.21 Å². The maximum absolute atomic E-state index is 12.4. The Morgan fingerprint density at radius 2 is 1.90 bits per heavy atom. The predicted octanol–water partition coefficient (Wildman–Crippen LogP) is 2.71. The first-order chi connectivity index (χ1) is 9.65. The summed E-state index contributed by atoms with van der Waals surface area (Å²) in [6.07, 6.45) is 0. The van der Waals surface area contributed by atoms with Gasteiger partial charge in [-0.25, -0.2) is 0 Å². The third-order valence-corrected chi connectivity index (χ3v) is 3.32. The molecule has 0 saturated heterocycles. The molecule has 0 aliphatic rings. The molecular formula is C16H20N2O2. The summed E-state index contributed by atoms with van der Waals surface area (Å²) < 4.78 is 5.41. The summed E-state index contributed by atoms with van der Waals surface area (Å²) in [5, 5.41) is 0. The van der Waals surface area contributed by atoms with Crippen LogP contribution >= 0.6 is 0 Å². The molecule has 20 heavy (non-hydrogen) atoms. The van der Waals surface area contributed by atoms with Gasteiger partial charge in [-0.15, -0.1) is 0 Å². The summed E-state index contributed by atoms with van der Waals surface area (Å²) in [5.74, 6) is 1.04. The van der Waals surface area contributed by atoms with E-state index >= 15 is 0 Å². The molecule has 106 valence electrons. The van der Waals surface area contributed by atoms with Gasteiger partial charge in [-0.1, -0.05) is 24.3 Å². The van der Waals surface area contributed by atoms with E-state index in [1.54, 1.807) is 17.0 Å². The average Bonchev–Trinajstić information content (AvgIpc) is 2.91. The normalized spacial score (nSPS) is 10.6. The van der Waals surface area contributed by atoms with Crippen molar-refractivity contribution in [2.24, 2.45) is 5.73 Å². The Balaban J connectivity index is 2.18. The first-order valence-corrected chi connectivity index (χ1v) is 6.78. The highest BCUT2D eigenvalue weighted by atomic mass is 16.3. The third-order valence-electron chi connectivity index (χ3n) is 3.32. The van der Waals surface area contributed by atoms with Crippen LogP contribution in [0.15, 0.2) is 40.8 Å². The maximum Gasteiger partial charge on any atom is 0.289 e. The van der Waals surface area contributed by atoms with Crippen LogP contribution in [0.1, 0.15) is 34.4 Å². The fourth-order valence-electron chi connectivity index (χ4n) is 2.15. The van der Waals surface area contributed by atoms with E-state index in [1.165, 1.54) is 0 Å². The molecule has 4 heteroatoms. The van der Waals surface area contributed by atoms with Crippen molar-refractivity contribution in [3.8, 4) is 0 Å². The molecule has 0 bridgehead atoms. The Hall–Kier alpha value is -2.07. The first-order valence-electron chi connectivity index (χ1n) is 6.78. The van der Waals surface area contributed by atoms with Gasteiger partial charge in [0.05, 0.1) is 0 Å². The zero-order chi connectivity index (χ0) is 14.5. The summed E-state index contributed by atoms with van der Waals surface area (Å²) in [6.45, 7) is 5.43. The molecule has 1 aromatic carbocycles. The molecule has 1 amide bonds. The van der Waals surface area contributed by atoms with Crippen molar-refractivity contribution >= 4 is 5.91 Å². The Labute approximate surface area is 119 Å². The molecule has 1 heterocycles. The fourth-order valence-corrected chi connectivity index (χ4v) is 2.15. The SMILES string of the molecule is CCN(Cc1ccccc1CN)C(=O)c1ccc(C)o1. The van der Waals surface area contributed by atoms with Crippen LogP contribution in [0.3, 0.4) is 0 Å². The molecule has 2 aromatic rings. The van der Waals surface area contributed by atoms with Crippen molar-refractivity contribution in [3.05, 3.63) is 59.0 Å². The van der Waals surface area contributed by atoms with Crippen LogP contribution in [-0.2, 0) is 13.1 Å². The lowest BCUT2D eigenvalue weighted by atomic mass is 10.1. The zero-order valence-corrected chi connectivity index (χ0v) is 11.9. The van der Waals surface area contributed by atoms with Gasteiger partial charge in [-0.3, -0.25) is 4.79 Å². The number of furan rings is 1. The van der Waals surface area contributed by atoms with Crippen LogP contribution in [0.2, 0.25) is 0 Å². The van der Waals surface area contributed by atoms with Gasteiger partial charge >= 0.3 is 0 Å². The van der Waals surface area contributed by atoms with Crippen molar-refractivity contribution in [1.82, 2.24) is 4.90 Å². The smallest absolute Gasteiger partial charge is 0.289 e. The third kappa shape index (κ3) is 3.08. The van der Waals surface area contributed by atoms with E-state index in [-0.39, 0.29) is 5.91 Å². The molecule has 0 spiro atoms. The monoisotopic (exact) mass is 272 g/mol. The summed E-state index contributed by atoms with van der Waals surface area (Å²) in [4.78, 5) is 14.2. The molecule has 0 aliphatic heterocycles. The van der Waals surface area contributed by atoms with Gasteiger partial charge in [0.25, 0.3) is 5.91 Å². The number of hydrogen-bond donors (Lipinski definition) is 1. The van der Waals surface area contributed by atoms with E-state index < -0.39 is 0 Å². The number of nitrogens with two attached hydrogens (primary N) is 1. The van der Waals surface area contributed by atoms with Crippen molar-refractivity contribution in [2.75, 3.05) is 6.54 Å². The molecule has 0 radical (unpaired) electrons. The number of hydrogen-bond acceptors (Lipinski definition) is 3. The van der Waals surface area contributed by atoms with Gasteiger partial charge in [0.2, 0.25) is 0 Å². The second kappa shape index (κ2) is 6.39. The molecule has 4 nitrogen and oxygen atoms in total. The minimum atomic E-state index is -0.0903. The van der Waals surface area contributed by atoms with Crippen LogP contribution in [-0.4, -0.2) is 17.4 Å². The highest BCUT2D eigenvalue weighted by molar-refractivity contribution is 5.91. The zero-order valence-electron chi connectivity index (χ0n) is 11.9. The Morgan fingerprint density at radius 3 is 2.45 bits per heavy atom. The number of carbonyl (C=O) groups is 1. The highest BCUT2D eigenvalue weighted by Crippen LogP contribution is 2.15. The molecule has 0 saturated carbocycles. The van der Waals surface area contributed by atoms with Crippen molar-refractivity contribution in [2.45, 2.75) is 26.9 Å². The minimum absolute atomic E-state index is 0.0903. The number of benzene rings is 1. The Morgan fingerprint density at radius 1 is 1.20 bits per heavy atom. The second-order valence-corrected chi connectivity index (χ2v) is 4.70. The predicted molar refractivity (Wildman–Crippen MR) is 78.2 cm³/mol. The van der Waals surface area contributed by atoms with Gasteiger partial charge in [-0.2, -0.15) is 0 Å². The lowest BCUT2D eigenvalue weighted by Gasteiger charge is -2.21. The number of amides is 1. The van der Waals surface area contributed by atoms with Gasteiger partial charge in [-0.05, 0) is 37.1 Å². The van der Waals surface area contributed by atoms with E-state index in [2.05, 4.69) is 0 Å². The molecule has 2 rings (SSSR count). The number of rotatable bonds is 5. The van der Waals surface area contributed by atoms with Crippen LogP contribution < -0.4 is 5.73 Å². The fraction of sp³-hybridized carbons (Fsp3) is 0.312. The van der Waals surface area contributed by atoms with Crippen LogP contribution in [0.4, 0.5) is 0 Å². The molecule has 0 atom stereocenters. The molecular weight excluding hydrogens is 252 g/mol. The number of nitrogens with zero attached hydrogens (tertiary/aromatic N) is 1. The first kappa shape index (κ1) is 14.3. The van der Waals surface area contributed by atoms with Gasteiger partial charge < -0.3 is 15.1 Å². The van der Waals surface area contributed by atoms with Gasteiger partial charge in [0, 0.05) is 19.6 Å².